The van der Waals surface area contributed by atoms with Crippen molar-refractivity contribution in [1.82, 2.24) is 15.3 Å². The highest BCUT2D eigenvalue weighted by Gasteiger charge is 2.14. The Morgan fingerprint density at radius 2 is 1.82 bits per heavy atom. The molecule has 1 heterocycles. The van der Waals surface area contributed by atoms with E-state index in [4.69, 9.17) is 23.2 Å². The van der Waals surface area contributed by atoms with E-state index in [-0.39, 0.29) is 6.04 Å². The Kier molecular flexibility index (Phi) is 3.94. The minimum atomic E-state index is -0.0695. The van der Waals surface area contributed by atoms with Crippen molar-refractivity contribution < 1.29 is 0 Å². The van der Waals surface area contributed by atoms with E-state index in [1.807, 2.05) is 19.2 Å². The van der Waals surface area contributed by atoms with Crippen LogP contribution in [0.15, 0.2) is 36.8 Å². The Labute approximate surface area is 110 Å². The number of benzene rings is 1. The predicted molar refractivity (Wildman–Crippen MR) is 69.4 cm³/mol. The number of aromatic nitrogens is 2. The first-order chi connectivity index (χ1) is 8.20. The van der Waals surface area contributed by atoms with Gasteiger partial charge in [-0.1, -0.05) is 23.2 Å². The molecule has 1 unspecified atom stereocenters. The van der Waals surface area contributed by atoms with Crippen LogP contribution in [0.2, 0.25) is 10.0 Å². The molecule has 0 spiro atoms. The summed E-state index contributed by atoms with van der Waals surface area (Å²) in [6, 6.07) is 5.36. The summed E-state index contributed by atoms with van der Waals surface area (Å²) in [5, 5.41) is 4.39. The molecule has 88 valence electrons. The molecule has 0 fully saturated rings. The molecule has 3 nitrogen and oxygen atoms in total. The highest BCUT2D eigenvalue weighted by Crippen LogP contribution is 2.26. The number of rotatable bonds is 3. The lowest BCUT2D eigenvalue weighted by molar-refractivity contribution is 0.667. The summed E-state index contributed by atoms with van der Waals surface area (Å²) in [7, 11) is 1.86. The zero-order valence-electron chi connectivity index (χ0n) is 9.19. The number of nitrogens with one attached hydrogen (secondary N) is 1. The SMILES string of the molecule is CNC(c1cc(Cl)cc(Cl)c1)c1cnccn1. The van der Waals surface area contributed by atoms with Crippen LogP contribution < -0.4 is 5.32 Å². The quantitative estimate of drug-likeness (QED) is 0.929. The van der Waals surface area contributed by atoms with E-state index in [1.165, 1.54) is 0 Å². The second kappa shape index (κ2) is 5.45. The zero-order chi connectivity index (χ0) is 12.3. The first kappa shape index (κ1) is 12.3. The van der Waals surface area contributed by atoms with Crippen LogP contribution in [-0.4, -0.2) is 17.0 Å². The molecule has 1 aromatic carbocycles. The molecule has 0 aliphatic rings. The summed E-state index contributed by atoms with van der Waals surface area (Å²) < 4.78 is 0. The summed E-state index contributed by atoms with van der Waals surface area (Å²) >= 11 is 12.0. The molecule has 1 N–H and O–H groups in total. The third kappa shape index (κ3) is 2.94. The largest absolute Gasteiger partial charge is 0.308 e. The number of halogens is 2. The van der Waals surface area contributed by atoms with Crippen molar-refractivity contribution in [3.8, 4) is 0 Å². The summed E-state index contributed by atoms with van der Waals surface area (Å²) in [5.74, 6) is 0. The van der Waals surface area contributed by atoms with E-state index in [0.29, 0.717) is 10.0 Å². The minimum Gasteiger partial charge on any atom is -0.308 e. The van der Waals surface area contributed by atoms with Gasteiger partial charge in [-0.15, -0.1) is 0 Å². The van der Waals surface area contributed by atoms with Gasteiger partial charge in [-0.25, -0.2) is 0 Å². The normalized spacial score (nSPS) is 12.4. The summed E-state index contributed by atoms with van der Waals surface area (Å²) in [5.41, 5.74) is 1.79. The van der Waals surface area contributed by atoms with Crippen LogP contribution in [0.25, 0.3) is 0 Å². The molecule has 1 atom stereocenters. The number of nitrogens with zero attached hydrogens (tertiary/aromatic N) is 2. The average Bonchev–Trinajstić information content (AvgIpc) is 2.30. The van der Waals surface area contributed by atoms with Crippen molar-refractivity contribution in [2.45, 2.75) is 6.04 Å². The Balaban J connectivity index is 2.42. The van der Waals surface area contributed by atoms with Gasteiger partial charge in [0, 0.05) is 22.4 Å². The predicted octanol–water partition coefficient (Wildman–Crippen LogP) is 3.09. The first-order valence-corrected chi connectivity index (χ1v) is 5.85. The first-order valence-electron chi connectivity index (χ1n) is 5.10. The molecule has 2 aromatic rings. The van der Waals surface area contributed by atoms with Gasteiger partial charge in [0.05, 0.1) is 17.9 Å². The van der Waals surface area contributed by atoms with Gasteiger partial charge in [-0.05, 0) is 30.8 Å². The van der Waals surface area contributed by atoms with E-state index in [0.717, 1.165) is 11.3 Å². The average molecular weight is 268 g/mol. The van der Waals surface area contributed by atoms with Crippen molar-refractivity contribution in [2.24, 2.45) is 0 Å². The maximum atomic E-state index is 5.99. The van der Waals surface area contributed by atoms with Crippen LogP contribution >= 0.6 is 23.2 Å². The van der Waals surface area contributed by atoms with Crippen LogP contribution in [0.3, 0.4) is 0 Å². The lowest BCUT2D eigenvalue weighted by atomic mass is 10.0. The van der Waals surface area contributed by atoms with Gasteiger partial charge in [-0.3, -0.25) is 9.97 Å². The second-order valence-electron chi connectivity index (χ2n) is 3.55. The summed E-state index contributed by atoms with van der Waals surface area (Å²) in [6.07, 6.45) is 5.02. The Morgan fingerprint density at radius 1 is 1.12 bits per heavy atom. The smallest absolute Gasteiger partial charge is 0.0801 e. The van der Waals surface area contributed by atoms with Crippen LogP contribution in [0.1, 0.15) is 17.3 Å². The van der Waals surface area contributed by atoms with Gasteiger partial charge < -0.3 is 5.32 Å². The van der Waals surface area contributed by atoms with E-state index in [2.05, 4.69) is 15.3 Å². The molecule has 0 saturated carbocycles. The standard InChI is InChI=1S/C12H11Cl2N3/c1-15-12(11-7-16-2-3-17-11)8-4-9(13)6-10(14)5-8/h2-7,12,15H,1H3. The highest BCUT2D eigenvalue weighted by molar-refractivity contribution is 6.34. The van der Waals surface area contributed by atoms with Crippen LogP contribution in [0.5, 0.6) is 0 Å². The lowest BCUT2D eigenvalue weighted by Crippen LogP contribution is -2.19. The fourth-order valence-corrected chi connectivity index (χ4v) is 2.23. The molecule has 0 radical (unpaired) electrons. The van der Waals surface area contributed by atoms with Gasteiger partial charge in [0.15, 0.2) is 0 Å². The number of hydrogen-bond acceptors (Lipinski definition) is 3. The fraction of sp³-hybridized carbons (Fsp3) is 0.167. The maximum absolute atomic E-state index is 5.99. The van der Waals surface area contributed by atoms with Gasteiger partial charge in [0.1, 0.15) is 0 Å². The van der Waals surface area contributed by atoms with Crippen molar-refractivity contribution in [3.05, 3.63) is 58.1 Å². The highest BCUT2D eigenvalue weighted by atomic mass is 35.5. The zero-order valence-corrected chi connectivity index (χ0v) is 10.7. The third-order valence-electron chi connectivity index (χ3n) is 2.39. The minimum absolute atomic E-state index is 0.0695. The molecular weight excluding hydrogens is 257 g/mol. The molecule has 2 rings (SSSR count). The van der Waals surface area contributed by atoms with E-state index >= 15 is 0 Å². The Bertz CT molecular complexity index is 482. The Hall–Kier alpha value is -1.16. The number of hydrogen-bond donors (Lipinski definition) is 1. The van der Waals surface area contributed by atoms with Gasteiger partial charge >= 0.3 is 0 Å². The van der Waals surface area contributed by atoms with Crippen molar-refractivity contribution in [1.29, 1.82) is 0 Å². The molecule has 0 amide bonds. The molecule has 0 saturated heterocycles. The monoisotopic (exact) mass is 267 g/mol. The topological polar surface area (TPSA) is 37.8 Å². The van der Waals surface area contributed by atoms with E-state index in [9.17, 15) is 0 Å². The molecule has 5 heteroatoms. The lowest BCUT2D eigenvalue weighted by Gasteiger charge is -2.16. The molecule has 0 aliphatic heterocycles. The summed E-state index contributed by atoms with van der Waals surface area (Å²) in [6.45, 7) is 0. The van der Waals surface area contributed by atoms with Crippen molar-refractivity contribution in [2.75, 3.05) is 7.05 Å². The van der Waals surface area contributed by atoms with E-state index in [1.54, 1.807) is 24.7 Å². The molecule has 1 aromatic heterocycles. The molecular formula is C12H11Cl2N3. The van der Waals surface area contributed by atoms with Crippen LogP contribution in [0.4, 0.5) is 0 Å². The van der Waals surface area contributed by atoms with Crippen LogP contribution in [0, 0.1) is 0 Å². The van der Waals surface area contributed by atoms with Crippen molar-refractivity contribution in [3.63, 3.8) is 0 Å². The maximum Gasteiger partial charge on any atom is 0.0801 e. The second-order valence-corrected chi connectivity index (χ2v) is 4.43. The van der Waals surface area contributed by atoms with Crippen molar-refractivity contribution >= 4 is 23.2 Å². The van der Waals surface area contributed by atoms with Gasteiger partial charge in [0.2, 0.25) is 0 Å². The molecule has 0 bridgehead atoms. The van der Waals surface area contributed by atoms with E-state index < -0.39 is 0 Å². The molecule has 17 heavy (non-hydrogen) atoms. The molecule has 0 aliphatic carbocycles. The summed E-state index contributed by atoms with van der Waals surface area (Å²) in [4.78, 5) is 8.33. The van der Waals surface area contributed by atoms with Crippen LogP contribution in [-0.2, 0) is 0 Å². The third-order valence-corrected chi connectivity index (χ3v) is 2.82. The van der Waals surface area contributed by atoms with Gasteiger partial charge in [0.25, 0.3) is 0 Å². The Morgan fingerprint density at radius 3 is 2.35 bits per heavy atom. The van der Waals surface area contributed by atoms with Gasteiger partial charge in [-0.2, -0.15) is 0 Å². The fourth-order valence-electron chi connectivity index (χ4n) is 1.69.